The van der Waals surface area contributed by atoms with Gasteiger partial charge in [0, 0.05) is 0 Å². The Morgan fingerprint density at radius 1 is 1.47 bits per heavy atom. The van der Waals surface area contributed by atoms with Crippen LogP contribution in [0.15, 0.2) is 18.2 Å². The van der Waals surface area contributed by atoms with Crippen molar-refractivity contribution in [2.75, 3.05) is 18.8 Å². The van der Waals surface area contributed by atoms with Crippen molar-refractivity contribution < 1.29 is 4.39 Å². The second-order valence-corrected chi connectivity index (χ2v) is 4.25. The molecule has 0 aromatic heterocycles. The number of rotatable bonds is 3. The van der Waals surface area contributed by atoms with Gasteiger partial charge in [0.05, 0.1) is 5.69 Å². The minimum atomic E-state index is -0.294. The van der Waals surface area contributed by atoms with Crippen LogP contribution < -0.4 is 11.1 Å². The van der Waals surface area contributed by atoms with Gasteiger partial charge in [0.2, 0.25) is 0 Å². The zero-order valence-corrected chi connectivity index (χ0v) is 8.80. The average molecular weight is 208 g/mol. The highest BCUT2D eigenvalue weighted by Crippen LogP contribution is 2.18. The van der Waals surface area contributed by atoms with E-state index < -0.39 is 0 Å². The summed E-state index contributed by atoms with van der Waals surface area (Å²) in [5.41, 5.74) is 6.71. The van der Waals surface area contributed by atoms with Crippen LogP contribution in [-0.4, -0.2) is 13.1 Å². The minimum absolute atomic E-state index is 0.237. The fourth-order valence-corrected chi connectivity index (χ4v) is 2.06. The molecule has 2 rings (SSSR count). The first-order valence-corrected chi connectivity index (χ1v) is 5.50. The van der Waals surface area contributed by atoms with Crippen molar-refractivity contribution in [3.8, 4) is 0 Å². The van der Waals surface area contributed by atoms with E-state index in [4.69, 9.17) is 5.73 Å². The van der Waals surface area contributed by atoms with E-state index in [0.29, 0.717) is 0 Å². The van der Waals surface area contributed by atoms with E-state index >= 15 is 0 Å². The highest BCUT2D eigenvalue weighted by atomic mass is 19.1. The van der Waals surface area contributed by atoms with Crippen molar-refractivity contribution in [1.29, 1.82) is 0 Å². The predicted octanol–water partition coefficient (Wildman–Crippen LogP) is 1.95. The monoisotopic (exact) mass is 208 g/mol. The van der Waals surface area contributed by atoms with Gasteiger partial charge in [-0.15, -0.1) is 0 Å². The van der Waals surface area contributed by atoms with Crippen molar-refractivity contribution in [3.05, 3.63) is 29.6 Å². The number of aryl methyl sites for hydroxylation is 1. The average Bonchev–Trinajstić information content (AvgIpc) is 2.73. The molecule has 1 aliphatic rings. The molecule has 0 radical (unpaired) electrons. The van der Waals surface area contributed by atoms with E-state index in [1.165, 1.54) is 6.42 Å². The maximum atomic E-state index is 13.1. The number of halogens is 1. The lowest BCUT2D eigenvalue weighted by atomic mass is 9.99. The number of hydrogen-bond donors (Lipinski definition) is 2. The van der Waals surface area contributed by atoms with Crippen LogP contribution >= 0.6 is 0 Å². The van der Waals surface area contributed by atoms with E-state index in [2.05, 4.69) is 5.32 Å². The molecule has 3 N–H and O–H groups in total. The third-order valence-corrected chi connectivity index (χ3v) is 3.07. The number of anilines is 1. The molecule has 2 nitrogen and oxygen atoms in total. The normalized spacial score (nSPS) is 20.7. The summed E-state index contributed by atoms with van der Waals surface area (Å²) in [5.74, 6) is 0.461. The highest BCUT2D eigenvalue weighted by Gasteiger charge is 2.14. The molecule has 0 saturated carbocycles. The largest absolute Gasteiger partial charge is 0.396 e. The minimum Gasteiger partial charge on any atom is -0.396 e. The van der Waals surface area contributed by atoms with Gasteiger partial charge in [-0.25, -0.2) is 4.39 Å². The zero-order valence-electron chi connectivity index (χ0n) is 8.80. The first-order chi connectivity index (χ1) is 7.25. The van der Waals surface area contributed by atoms with Crippen LogP contribution in [0.1, 0.15) is 18.4 Å². The molecule has 1 heterocycles. The summed E-state index contributed by atoms with van der Waals surface area (Å²) in [4.78, 5) is 0. The van der Waals surface area contributed by atoms with Crippen molar-refractivity contribution in [2.45, 2.75) is 19.3 Å². The summed E-state index contributed by atoms with van der Waals surface area (Å²) in [5, 5.41) is 3.34. The van der Waals surface area contributed by atoms with E-state index in [1.54, 1.807) is 12.1 Å². The van der Waals surface area contributed by atoms with Crippen molar-refractivity contribution in [1.82, 2.24) is 5.32 Å². The Hall–Kier alpha value is -1.09. The fourth-order valence-electron chi connectivity index (χ4n) is 2.06. The summed E-state index contributed by atoms with van der Waals surface area (Å²) < 4.78 is 13.1. The molecular formula is C12H17FN2. The third kappa shape index (κ3) is 2.69. The molecule has 1 aromatic rings. The van der Waals surface area contributed by atoms with Crippen LogP contribution in [0, 0.1) is 11.7 Å². The molecule has 82 valence electrons. The van der Waals surface area contributed by atoms with E-state index in [9.17, 15) is 4.39 Å². The Balaban J connectivity index is 1.90. The van der Waals surface area contributed by atoms with Crippen molar-refractivity contribution >= 4 is 5.69 Å². The number of nitrogens with two attached hydrogens (primary N) is 1. The van der Waals surface area contributed by atoms with Gasteiger partial charge in [-0.3, -0.25) is 0 Å². The first-order valence-electron chi connectivity index (χ1n) is 5.50. The SMILES string of the molecule is Nc1ccc(CCC2CCNC2)cc1F. The van der Waals surface area contributed by atoms with Crippen molar-refractivity contribution in [2.24, 2.45) is 5.92 Å². The Labute approximate surface area is 89.7 Å². The molecule has 0 bridgehead atoms. The van der Waals surface area contributed by atoms with Crippen LogP contribution in [0.2, 0.25) is 0 Å². The fraction of sp³-hybridized carbons (Fsp3) is 0.500. The van der Waals surface area contributed by atoms with Gasteiger partial charge < -0.3 is 11.1 Å². The smallest absolute Gasteiger partial charge is 0.146 e. The molecule has 15 heavy (non-hydrogen) atoms. The van der Waals surface area contributed by atoms with Crippen LogP contribution in [0.25, 0.3) is 0 Å². The van der Waals surface area contributed by atoms with E-state index in [1.807, 2.05) is 6.07 Å². The summed E-state index contributed by atoms with van der Waals surface area (Å²) in [6, 6.07) is 5.12. The first kappa shape index (κ1) is 10.4. The van der Waals surface area contributed by atoms with E-state index in [-0.39, 0.29) is 11.5 Å². The number of benzene rings is 1. The number of nitrogens with one attached hydrogen (secondary N) is 1. The molecule has 1 fully saturated rings. The van der Waals surface area contributed by atoms with Gasteiger partial charge in [0.1, 0.15) is 5.82 Å². The molecule has 1 aromatic carbocycles. The van der Waals surface area contributed by atoms with Crippen molar-refractivity contribution in [3.63, 3.8) is 0 Å². The quantitative estimate of drug-likeness (QED) is 0.745. The molecule has 1 aliphatic heterocycles. The molecular weight excluding hydrogens is 191 g/mol. The van der Waals surface area contributed by atoms with Crippen LogP contribution in [0.4, 0.5) is 10.1 Å². The molecule has 1 saturated heterocycles. The lowest BCUT2D eigenvalue weighted by Crippen LogP contribution is -2.09. The van der Waals surface area contributed by atoms with Gasteiger partial charge in [0.25, 0.3) is 0 Å². The molecule has 0 spiro atoms. The number of nitrogen functional groups attached to an aromatic ring is 1. The highest BCUT2D eigenvalue weighted by molar-refractivity contribution is 5.41. The number of hydrogen-bond acceptors (Lipinski definition) is 2. The lowest BCUT2D eigenvalue weighted by Gasteiger charge is -2.08. The second-order valence-electron chi connectivity index (χ2n) is 4.25. The van der Waals surface area contributed by atoms with Gasteiger partial charge in [-0.1, -0.05) is 6.07 Å². The lowest BCUT2D eigenvalue weighted by molar-refractivity contribution is 0.531. The Morgan fingerprint density at radius 3 is 3.00 bits per heavy atom. The van der Waals surface area contributed by atoms with Gasteiger partial charge >= 0.3 is 0 Å². The predicted molar refractivity (Wildman–Crippen MR) is 60.1 cm³/mol. The molecule has 1 atom stereocenters. The summed E-state index contributed by atoms with van der Waals surface area (Å²) in [7, 11) is 0. The Morgan fingerprint density at radius 2 is 2.33 bits per heavy atom. The third-order valence-electron chi connectivity index (χ3n) is 3.07. The van der Waals surface area contributed by atoms with Crippen LogP contribution in [0.5, 0.6) is 0 Å². The summed E-state index contributed by atoms with van der Waals surface area (Å²) >= 11 is 0. The van der Waals surface area contributed by atoms with Gasteiger partial charge in [-0.2, -0.15) is 0 Å². The van der Waals surface area contributed by atoms with Gasteiger partial charge in [0.15, 0.2) is 0 Å². The molecule has 0 aliphatic carbocycles. The summed E-state index contributed by atoms with van der Waals surface area (Å²) in [6.45, 7) is 2.23. The molecule has 3 heteroatoms. The standard InChI is InChI=1S/C12H17FN2/c13-11-7-9(3-4-12(11)14)1-2-10-5-6-15-8-10/h3-4,7,10,15H,1-2,5-6,8,14H2. The zero-order chi connectivity index (χ0) is 10.7. The van der Waals surface area contributed by atoms with E-state index in [0.717, 1.165) is 37.4 Å². The Bertz CT molecular complexity index is 332. The molecule has 0 amide bonds. The summed E-state index contributed by atoms with van der Waals surface area (Å²) in [6.07, 6.45) is 3.33. The van der Waals surface area contributed by atoms with Gasteiger partial charge in [-0.05, 0) is 56.0 Å². The van der Waals surface area contributed by atoms with Crippen LogP contribution in [0.3, 0.4) is 0 Å². The maximum Gasteiger partial charge on any atom is 0.146 e. The topological polar surface area (TPSA) is 38.0 Å². The maximum absolute atomic E-state index is 13.1. The second kappa shape index (κ2) is 4.62. The molecule has 1 unspecified atom stereocenters. The Kier molecular flexibility index (Phi) is 3.21. The van der Waals surface area contributed by atoms with Crippen LogP contribution in [-0.2, 0) is 6.42 Å².